The van der Waals surface area contributed by atoms with Crippen LogP contribution in [0.1, 0.15) is 22.5 Å². The molecule has 1 aromatic heterocycles. The number of likely N-dealkylation sites (tertiary alicyclic amines) is 1. The molecule has 0 radical (unpaired) electrons. The molecule has 5 rings (SSSR count). The molecule has 2 atom stereocenters. The number of nitrogens with zero attached hydrogens (tertiary/aromatic N) is 4. The zero-order chi connectivity index (χ0) is 25.6. The molecule has 11 heteroatoms. The number of hydrogen-bond acceptors (Lipinski definition) is 8. The van der Waals surface area contributed by atoms with Crippen molar-refractivity contribution in [3.05, 3.63) is 65.7 Å². The lowest BCUT2D eigenvalue weighted by molar-refractivity contribution is 0.0295. The maximum absolute atomic E-state index is 13.2. The number of ether oxygens (including phenoxy) is 4. The molecule has 2 aliphatic heterocycles. The lowest BCUT2D eigenvalue weighted by Gasteiger charge is -2.20. The maximum Gasteiger partial charge on any atom is 0.251 e. The summed E-state index contributed by atoms with van der Waals surface area (Å²) in [6, 6.07) is 10.9. The molecule has 0 saturated carbocycles. The summed E-state index contributed by atoms with van der Waals surface area (Å²) in [6.45, 7) is 3.70. The topological polar surface area (TPSA) is 100.0 Å². The highest BCUT2D eigenvalue weighted by atomic mass is 19.1. The van der Waals surface area contributed by atoms with Gasteiger partial charge in [0.15, 0.2) is 11.5 Å². The van der Waals surface area contributed by atoms with Gasteiger partial charge in [-0.15, -0.1) is 5.10 Å². The summed E-state index contributed by atoms with van der Waals surface area (Å²) in [5.41, 5.74) is 1.20. The molecule has 2 aliphatic rings. The first-order valence-corrected chi connectivity index (χ1v) is 12.3. The van der Waals surface area contributed by atoms with Gasteiger partial charge in [0.05, 0.1) is 45.2 Å². The number of halogens is 1. The minimum atomic E-state index is -0.290. The number of amides is 1. The lowest BCUT2D eigenvalue weighted by atomic mass is 10.1. The Bertz CT molecular complexity index is 1200. The van der Waals surface area contributed by atoms with Gasteiger partial charge in [-0.2, -0.15) is 0 Å². The van der Waals surface area contributed by atoms with Crippen molar-refractivity contribution < 1.29 is 28.1 Å². The van der Waals surface area contributed by atoms with Gasteiger partial charge in [-0.05, 0) is 48.9 Å². The molecule has 3 heterocycles. The first-order valence-electron chi connectivity index (χ1n) is 12.3. The summed E-state index contributed by atoms with van der Waals surface area (Å²) < 4.78 is 38.0. The number of carbonyl (C=O) groups is 1. The van der Waals surface area contributed by atoms with E-state index in [4.69, 9.17) is 18.9 Å². The fourth-order valence-corrected chi connectivity index (χ4v) is 4.49. The van der Waals surface area contributed by atoms with E-state index in [1.165, 1.54) is 12.1 Å². The minimum Gasteiger partial charge on any atom is -0.494 e. The Hall–Kier alpha value is -3.70. The van der Waals surface area contributed by atoms with Crippen molar-refractivity contribution >= 4 is 5.91 Å². The third-order valence-electron chi connectivity index (χ3n) is 6.39. The molecule has 0 aliphatic carbocycles. The Kier molecular flexibility index (Phi) is 7.81. The Balaban J connectivity index is 1.25. The summed E-state index contributed by atoms with van der Waals surface area (Å²) in [7, 11) is 1.56. The number of fused-ring (bicyclic) bond motifs is 5. The van der Waals surface area contributed by atoms with Gasteiger partial charge >= 0.3 is 0 Å². The lowest BCUT2D eigenvalue weighted by Crippen LogP contribution is -2.44. The van der Waals surface area contributed by atoms with Gasteiger partial charge in [-0.25, -0.2) is 9.07 Å². The molecule has 37 heavy (non-hydrogen) atoms. The van der Waals surface area contributed by atoms with Crippen LogP contribution in [0.2, 0.25) is 0 Å². The molecule has 1 saturated heterocycles. The maximum atomic E-state index is 13.2. The van der Waals surface area contributed by atoms with Crippen LogP contribution in [0.3, 0.4) is 0 Å². The highest BCUT2D eigenvalue weighted by molar-refractivity contribution is 5.95. The van der Waals surface area contributed by atoms with Crippen LogP contribution in [-0.2, 0) is 17.9 Å². The van der Waals surface area contributed by atoms with Gasteiger partial charge in [0.2, 0.25) is 0 Å². The number of hydrogen-bond donors (Lipinski definition) is 1. The molecule has 0 spiro atoms. The summed E-state index contributed by atoms with van der Waals surface area (Å²) in [5.74, 6) is 1.19. The monoisotopic (exact) mass is 511 g/mol. The smallest absolute Gasteiger partial charge is 0.251 e. The average molecular weight is 512 g/mol. The van der Waals surface area contributed by atoms with E-state index in [2.05, 4.69) is 20.5 Å². The fourth-order valence-electron chi connectivity index (χ4n) is 4.49. The molecule has 1 amide bonds. The first-order chi connectivity index (χ1) is 18.1. The molecule has 1 N–H and O–H groups in total. The molecular formula is C26H30FN5O5. The Morgan fingerprint density at radius 2 is 2.05 bits per heavy atom. The minimum absolute atomic E-state index is 0.202. The second kappa shape index (κ2) is 11.6. The number of aromatic nitrogens is 3. The van der Waals surface area contributed by atoms with Crippen LogP contribution in [0, 0.1) is 5.82 Å². The van der Waals surface area contributed by atoms with Crippen LogP contribution in [0.4, 0.5) is 4.39 Å². The Morgan fingerprint density at radius 1 is 1.19 bits per heavy atom. The SMILES string of the molecule is COc1ccc2cc1OCCn1cc(nn1)CO[C@H]1CN(CCCOc3ccc(F)cc3)C[C@@H]1NC2=O. The molecule has 4 bridgehead atoms. The zero-order valence-electron chi connectivity index (χ0n) is 20.6. The third-order valence-corrected chi connectivity index (χ3v) is 6.39. The van der Waals surface area contributed by atoms with Crippen LogP contribution < -0.4 is 19.5 Å². The van der Waals surface area contributed by atoms with Crippen molar-refractivity contribution in [1.29, 1.82) is 0 Å². The molecule has 196 valence electrons. The van der Waals surface area contributed by atoms with E-state index < -0.39 is 0 Å². The van der Waals surface area contributed by atoms with Crippen LogP contribution in [0.15, 0.2) is 48.7 Å². The second-order valence-electron chi connectivity index (χ2n) is 9.03. The van der Waals surface area contributed by atoms with Gasteiger partial charge in [0.25, 0.3) is 5.91 Å². The van der Waals surface area contributed by atoms with Crippen LogP contribution in [-0.4, -0.2) is 77.9 Å². The number of carbonyl (C=O) groups excluding carboxylic acids is 1. The van der Waals surface area contributed by atoms with Crippen molar-refractivity contribution in [2.45, 2.75) is 31.7 Å². The number of benzene rings is 2. The predicted molar refractivity (Wildman–Crippen MR) is 131 cm³/mol. The van der Waals surface area contributed by atoms with Crippen molar-refractivity contribution in [3.63, 3.8) is 0 Å². The molecule has 2 aromatic carbocycles. The second-order valence-corrected chi connectivity index (χ2v) is 9.03. The van der Waals surface area contributed by atoms with Crippen LogP contribution in [0.5, 0.6) is 17.2 Å². The van der Waals surface area contributed by atoms with E-state index >= 15 is 0 Å². The van der Waals surface area contributed by atoms with E-state index in [0.717, 1.165) is 13.0 Å². The van der Waals surface area contributed by atoms with Crippen molar-refractivity contribution in [1.82, 2.24) is 25.2 Å². The van der Waals surface area contributed by atoms with Gasteiger partial charge in [-0.3, -0.25) is 9.69 Å². The van der Waals surface area contributed by atoms with Crippen molar-refractivity contribution in [2.75, 3.05) is 40.0 Å². The first kappa shape index (κ1) is 25.0. The van der Waals surface area contributed by atoms with Gasteiger partial charge in [0.1, 0.15) is 23.9 Å². The van der Waals surface area contributed by atoms with E-state index in [0.29, 0.717) is 68.0 Å². The summed E-state index contributed by atoms with van der Waals surface area (Å²) in [4.78, 5) is 15.4. The zero-order valence-corrected chi connectivity index (χ0v) is 20.6. The van der Waals surface area contributed by atoms with Gasteiger partial charge in [-0.1, -0.05) is 5.21 Å². The third kappa shape index (κ3) is 6.36. The van der Waals surface area contributed by atoms with Crippen LogP contribution >= 0.6 is 0 Å². The Morgan fingerprint density at radius 3 is 2.89 bits per heavy atom. The predicted octanol–water partition coefficient (Wildman–Crippen LogP) is 2.29. The highest BCUT2D eigenvalue weighted by Gasteiger charge is 2.35. The van der Waals surface area contributed by atoms with E-state index in [-0.39, 0.29) is 23.9 Å². The van der Waals surface area contributed by atoms with Gasteiger partial charge in [0, 0.05) is 25.2 Å². The molecular weight excluding hydrogens is 481 g/mol. The summed E-state index contributed by atoms with van der Waals surface area (Å²) in [5, 5.41) is 11.5. The number of rotatable bonds is 6. The normalized spacial score (nSPS) is 20.2. The average Bonchev–Trinajstić information content (AvgIpc) is 3.52. The summed E-state index contributed by atoms with van der Waals surface area (Å²) in [6.07, 6.45) is 2.40. The van der Waals surface area contributed by atoms with Crippen LogP contribution in [0.25, 0.3) is 0 Å². The van der Waals surface area contributed by atoms with Gasteiger partial charge < -0.3 is 24.3 Å². The largest absolute Gasteiger partial charge is 0.494 e. The molecule has 1 fully saturated rings. The Labute approximate surface area is 214 Å². The molecule has 10 nitrogen and oxygen atoms in total. The van der Waals surface area contributed by atoms with Crippen molar-refractivity contribution in [2.24, 2.45) is 0 Å². The molecule has 0 unspecified atom stereocenters. The number of nitrogens with one attached hydrogen (secondary N) is 1. The van der Waals surface area contributed by atoms with E-state index in [1.807, 2.05) is 6.20 Å². The highest BCUT2D eigenvalue weighted by Crippen LogP contribution is 2.28. The number of methoxy groups -OCH3 is 1. The fraction of sp³-hybridized carbons (Fsp3) is 0.423. The van der Waals surface area contributed by atoms with E-state index in [9.17, 15) is 9.18 Å². The standard InChI is InChI=1S/C26H30FN5O5/c1-34-23-8-3-18-13-24(23)36-12-10-32-14-20(29-30-32)17-37-25-16-31(15-22(25)28-26(18)33)9-2-11-35-21-6-4-19(27)5-7-21/h3-8,13-14,22,25H,2,9-12,15-17H2,1H3,(H,28,33)/t22-,25-/m0/s1. The molecule has 3 aromatic rings. The van der Waals surface area contributed by atoms with Crippen molar-refractivity contribution in [3.8, 4) is 17.2 Å². The van der Waals surface area contributed by atoms with E-state index in [1.54, 1.807) is 42.1 Å². The summed E-state index contributed by atoms with van der Waals surface area (Å²) >= 11 is 0. The quantitative estimate of drug-likeness (QED) is 0.504.